The molecule has 2 heterocycles. The van der Waals surface area contributed by atoms with Crippen molar-refractivity contribution in [2.75, 3.05) is 31.6 Å². The molecule has 1 aliphatic carbocycles. The second-order valence-electron chi connectivity index (χ2n) is 9.47. The van der Waals surface area contributed by atoms with Gasteiger partial charge in [-0.3, -0.25) is 19.3 Å². The maximum atomic E-state index is 13.1. The molecule has 5 rings (SSSR count). The summed E-state index contributed by atoms with van der Waals surface area (Å²) in [6.45, 7) is 1.67. The molecule has 2 aliphatic rings. The van der Waals surface area contributed by atoms with Crippen molar-refractivity contribution in [1.82, 2.24) is 20.5 Å². The highest BCUT2D eigenvalue weighted by atomic mass is 35.5. The van der Waals surface area contributed by atoms with Crippen molar-refractivity contribution in [1.29, 1.82) is 5.26 Å². The zero-order valence-electron chi connectivity index (χ0n) is 20.2. The van der Waals surface area contributed by atoms with Gasteiger partial charge in [-0.2, -0.15) is 5.26 Å². The van der Waals surface area contributed by atoms with Gasteiger partial charge in [0.15, 0.2) is 11.5 Å². The van der Waals surface area contributed by atoms with Crippen LogP contribution in [0.25, 0.3) is 11.1 Å². The molecule has 3 amide bonds. The lowest BCUT2D eigenvalue weighted by Crippen LogP contribution is -2.51. The van der Waals surface area contributed by atoms with E-state index in [0.29, 0.717) is 53.3 Å². The topological polar surface area (TPSA) is 132 Å². The number of hydrogen-bond acceptors (Lipinski definition) is 7. The second-order valence-corrected chi connectivity index (χ2v) is 9.90. The molecule has 2 fully saturated rings. The highest BCUT2D eigenvalue weighted by Gasteiger charge is 2.46. The van der Waals surface area contributed by atoms with Crippen molar-refractivity contribution in [3.05, 3.63) is 58.9 Å². The first kappa shape index (κ1) is 24.7. The average molecular weight is 521 g/mol. The predicted octanol–water partition coefficient (Wildman–Crippen LogP) is 2.27. The van der Waals surface area contributed by atoms with E-state index in [9.17, 15) is 19.6 Å². The number of oxazole rings is 1. The van der Waals surface area contributed by atoms with Crippen LogP contribution in [0.3, 0.4) is 0 Å². The highest BCUT2D eigenvalue weighted by Crippen LogP contribution is 2.34. The molecular formula is C26H25ClN6O4. The number of hydrogen-bond donors (Lipinski definition) is 2. The Morgan fingerprint density at radius 3 is 2.76 bits per heavy atom. The number of nitriles is 1. The zero-order valence-corrected chi connectivity index (χ0v) is 20.9. The largest absolute Gasteiger partial charge is 0.441 e. The Labute approximate surface area is 218 Å². The molecule has 1 saturated carbocycles. The lowest BCUT2D eigenvalue weighted by Gasteiger charge is -2.32. The number of halogens is 1. The first-order chi connectivity index (χ1) is 17.7. The third-order valence-electron chi connectivity index (χ3n) is 6.55. The molecule has 0 spiro atoms. The van der Waals surface area contributed by atoms with Gasteiger partial charge in [0.25, 0.3) is 5.91 Å². The summed E-state index contributed by atoms with van der Waals surface area (Å²) in [6, 6.07) is 12.8. The minimum absolute atomic E-state index is 0.000186. The van der Waals surface area contributed by atoms with Crippen LogP contribution >= 0.6 is 11.6 Å². The second kappa shape index (κ2) is 9.84. The standard InChI is InChI=1S/C26H25ClN6O4/c1-32-9-10-33(23(34)14-32)18-5-6-19-21(12-18)37-22(29-19)13-20(25(36)31-26(15-28)7-8-26)30-24(35)16-3-2-4-17(27)11-16/h2-6,11-12,20H,7-10,13-14H2,1H3,(H,30,35)(H,31,36)/t20-/m0/s1. The van der Waals surface area contributed by atoms with Crippen LogP contribution in [0.1, 0.15) is 29.1 Å². The summed E-state index contributed by atoms with van der Waals surface area (Å²) in [5, 5.41) is 15.3. The molecule has 3 aromatic rings. The molecule has 10 nitrogen and oxygen atoms in total. The number of amides is 3. The normalized spacial score (nSPS) is 17.8. The van der Waals surface area contributed by atoms with Gasteiger partial charge in [0.2, 0.25) is 11.8 Å². The quantitative estimate of drug-likeness (QED) is 0.488. The molecule has 11 heteroatoms. The average Bonchev–Trinajstić information content (AvgIpc) is 3.52. The van der Waals surface area contributed by atoms with Gasteiger partial charge in [-0.25, -0.2) is 4.98 Å². The Balaban J connectivity index is 1.37. The number of benzene rings is 2. The van der Waals surface area contributed by atoms with Crippen LogP contribution in [0.15, 0.2) is 46.9 Å². The number of fused-ring (bicyclic) bond motifs is 1. The van der Waals surface area contributed by atoms with Crippen molar-refractivity contribution in [3.8, 4) is 6.07 Å². The molecule has 1 saturated heterocycles. The van der Waals surface area contributed by atoms with Crippen LogP contribution in [0.2, 0.25) is 5.02 Å². The van der Waals surface area contributed by atoms with Crippen LogP contribution in [0.5, 0.6) is 0 Å². The van der Waals surface area contributed by atoms with E-state index in [1.807, 2.05) is 18.0 Å². The van der Waals surface area contributed by atoms with Crippen LogP contribution in [0.4, 0.5) is 5.69 Å². The number of likely N-dealkylation sites (N-methyl/N-ethyl adjacent to an activating group) is 1. The highest BCUT2D eigenvalue weighted by molar-refractivity contribution is 6.31. The number of nitrogens with one attached hydrogen (secondary N) is 2. The summed E-state index contributed by atoms with van der Waals surface area (Å²) in [4.78, 5) is 46.6. The molecular weight excluding hydrogens is 496 g/mol. The van der Waals surface area contributed by atoms with E-state index in [1.165, 1.54) is 6.07 Å². The number of carbonyl (C=O) groups excluding carboxylic acids is 3. The van der Waals surface area contributed by atoms with Gasteiger partial charge in [0.1, 0.15) is 17.1 Å². The summed E-state index contributed by atoms with van der Waals surface area (Å²) >= 11 is 6.01. The smallest absolute Gasteiger partial charge is 0.251 e. The maximum Gasteiger partial charge on any atom is 0.251 e. The number of nitrogens with zero attached hydrogens (tertiary/aromatic N) is 4. The third kappa shape index (κ3) is 5.43. The Hall–Kier alpha value is -3.94. The summed E-state index contributed by atoms with van der Waals surface area (Å²) in [5.41, 5.74) is 1.14. The van der Waals surface area contributed by atoms with Gasteiger partial charge < -0.3 is 20.0 Å². The molecule has 0 bridgehead atoms. The molecule has 190 valence electrons. The summed E-state index contributed by atoms with van der Waals surface area (Å²) in [5.74, 6) is -0.748. The fourth-order valence-electron chi connectivity index (χ4n) is 4.25. The molecule has 2 aromatic carbocycles. The van der Waals surface area contributed by atoms with Crippen molar-refractivity contribution >= 4 is 46.1 Å². The summed E-state index contributed by atoms with van der Waals surface area (Å²) in [6.07, 6.45) is 1.08. The van der Waals surface area contributed by atoms with Crippen molar-refractivity contribution in [2.24, 2.45) is 0 Å². The van der Waals surface area contributed by atoms with Crippen LogP contribution in [0, 0.1) is 11.3 Å². The SMILES string of the molecule is CN1CCN(c2ccc3nc(C[C@H](NC(=O)c4cccc(Cl)c4)C(=O)NC4(C#N)CC4)oc3c2)C(=O)C1. The minimum Gasteiger partial charge on any atom is -0.441 e. The lowest BCUT2D eigenvalue weighted by molar-refractivity contribution is -0.123. The molecule has 1 aliphatic heterocycles. The van der Waals surface area contributed by atoms with Gasteiger partial charge in [-0.1, -0.05) is 17.7 Å². The lowest BCUT2D eigenvalue weighted by atomic mass is 10.1. The minimum atomic E-state index is -1.04. The number of aromatic nitrogens is 1. The molecule has 0 unspecified atom stereocenters. The number of piperazine rings is 1. The van der Waals surface area contributed by atoms with Gasteiger partial charge in [0, 0.05) is 35.4 Å². The van der Waals surface area contributed by atoms with Crippen LogP contribution < -0.4 is 15.5 Å². The van der Waals surface area contributed by atoms with E-state index in [0.717, 1.165) is 6.54 Å². The fourth-order valence-corrected chi connectivity index (χ4v) is 4.44. The maximum absolute atomic E-state index is 13.1. The van der Waals surface area contributed by atoms with Crippen molar-refractivity contribution in [2.45, 2.75) is 30.8 Å². The van der Waals surface area contributed by atoms with E-state index < -0.39 is 23.4 Å². The monoisotopic (exact) mass is 520 g/mol. The van der Waals surface area contributed by atoms with Crippen molar-refractivity contribution < 1.29 is 18.8 Å². The van der Waals surface area contributed by atoms with E-state index in [2.05, 4.69) is 21.7 Å². The molecule has 1 atom stereocenters. The fraction of sp³-hybridized carbons (Fsp3) is 0.346. The molecule has 1 aromatic heterocycles. The van der Waals surface area contributed by atoms with Gasteiger partial charge in [-0.05, 0) is 50.2 Å². The third-order valence-corrected chi connectivity index (χ3v) is 6.79. The number of carbonyl (C=O) groups is 3. The molecule has 2 N–H and O–H groups in total. The van der Waals surface area contributed by atoms with E-state index in [4.69, 9.17) is 16.0 Å². The van der Waals surface area contributed by atoms with Crippen LogP contribution in [-0.4, -0.2) is 65.9 Å². The van der Waals surface area contributed by atoms with E-state index >= 15 is 0 Å². The van der Waals surface area contributed by atoms with Crippen molar-refractivity contribution in [3.63, 3.8) is 0 Å². The Morgan fingerprint density at radius 1 is 1.24 bits per heavy atom. The summed E-state index contributed by atoms with van der Waals surface area (Å²) in [7, 11) is 1.90. The number of rotatable bonds is 7. The van der Waals surface area contributed by atoms with Gasteiger partial charge >= 0.3 is 0 Å². The Morgan fingerprint density at radius 2 is 2.05 bits per heavy atom. The zero-order chi connectivity index (χ0) is 26.2. The molecule has 37 heavy (non-hydrogen) atoms. The molecule has 0 radical (unpaired) electrons. The van der Waals surface area contributed by atoms with Gasteiger partial charge in [0.05, 0.1) is 19.0 Å². The van der Waals surface area contributed by atoms with E-state index in [1.54, 1.807) is 35.2 Å². The van der Waals surface area contributed by atoms with E-state index in [-0.39, 0.29) is 18.2 Å². The van der Waals surface area contributed by atoms with Crippen LogP contribution in [-0.2, 0) is 16.0 Å². The summed E-state index contributed by atoms with van der Waals surface area (Å²) < 4.78 is 5.94. The van der Waals surface area contributed by atoms with Gasteiger partial charge in [-0.15, -0.1) is 0 Å². The number of anilines is 1. The Bertz CT molecular complexity index is 1430. The first-order valence-electron chi connectivity index (χ1n) is 11.9. The predicted molar refractivity (Wildman–Crippen MR) is 136 cm³/mol. The Kier molecular flexibility index (Phi) is 6.58. The first-order valence-corrected chi connectivity index (χ1v) is 12.3.